The van der Waals surface area contributed by atoms with Gasteiger partial charge in [0.25, 0.3) is 0 Å². The number of benzene rings is 1. The Morgan fingerprint density at radius 3 is 2.58 bits per heavy atom. The summed E-state index contributed by atoms with van der Waals surface area (Å²) >= 11 is 1.57. The van der Waals surface area contributed by atoms with Gasteiger partial charge in [-0.05, 0) is 38.3 Å². The maximum atomic E-state index is 13.3. The molecule has 0 fully saturated rings. The van der Waals surface area contributed by atoms with Crippen LogP contribution in [0.1, 0.15) is 19.4 Å². The fourth-order valence-electron chi connectivity index (χ4n) is 1.30. The third kappa shape index (κ3) is 4.45. The van der Waals surface area contributed by atoms with Crippen LogP contribution >= 0.6 is 11.8 Å². The number of hydrogen-bond donors (Lipinski definition) is 2. The van der Waals surface area contributed by atoms with E-state index in [1.165, 1.54) is 12.1 Å². The maximum absolute atomic E-state index is 13.3. The molecule has 0 aliphatic carbocycles. The van der Waals surface area contributed by atoms with Crippen molar-refractivity contribution in [1.82, 2.24) is 4.72 Å². The van der Waals surface area contributed by atoms with Gasteiger partial charge >= 0.3 is 0 Å². The highest BCUT2D eigenvalue weighted by molar-refractivity contribution is 8.00. The molecule has 0 aromatic heterocycles. The van der Waals surface area contributed by atoms with Gasteiger partial charge in [-0.3, -0.25) is 0 Å². The average Bonchev–Trinajstić information content (AvgIpc) is 2.37. The van der Waals surface area contributed by atoms with Crippen molar-refractivity contribution in [2.45, 2.75) is 30.0 Å². The van der Waals surface area contributed by atoms with E-state index < -0.39 is 15.8 Å². The second-order valence-corrected chi connectivity index (χ2v) is 8.03. The summed E-state index contributed by atoms with van der Waals surface area (Å²) < 4.78 is 39.8. The molecular weight excluding hydrogens is 287 g/mol. The summed E-state index contributed by atoms with van der Waals surface area (Å²) in [7, 11) is -3.64. The minimum Gasteiger partial charge on any atom is -0.326 e. The number of rotatable bonds is 6. The number of thioether (sulfide) groups is 1. The second-order valence-electron chi connectivity index (χ2n) is 4.75. The Kier molecular flexibility index (Phi) is 5.37. The molecule has 1 aromatic carbocycles. The molecule has 1 aromatic rings. The predicted octanol–water partition coefficient (Wildman–Crippen LogP) is 1.70. The summed E-state index contributed by atoms with van der Waals surface area (Å²) in [5.41, 5.74) is 5.56. The first-order valence-corrected chi connectivity index (χ1v) is 8.46. The lowest BCUT2D eigenvalue weighted by atomic mass is 10.2. The zero-order valence-electron chi connectivity index (χ0n) is 11.2. The van der Waals surface area contributed by atoms with E-state index in [4.69, 9.17) is 5.73 Å². The van der Waals surface area contributed by atoms with E-state index in [1.807, 2.05) is 20.1 Å². The van der Waals surface area contributed by atoms with Crippen LogP contribution in [0.4, 0.5) is 4.39 Å². The Morgan fingerprint density at radius 2 is 2.05 bits per heavy atom. The van der Waals surface area contributed by atoms with Gasteiger partial charge in [0.1, 0.15) is 5.82 Å². The minimum atomic E-state index is -3.64. The van der Waals surface area contributed by atoms with Crippen LogP contribution < -0.4 is 10.5 Å². The first-order valence-electron chi connectivity index (χ1n) is 5.75. The molecule has 0 amide bonds. The summed E-state index contributed by atoms with van der Waals surface area (Å²) in [6.45, 7) is 4.14. The number of hydrogen-bond acceptors (Lipinski definition) is 4. The molecule has 0 radical (unpaired) electrons. The van der Waals surface area contributed by atoms with E-state index in [1.54, 1.807) is 11.8 Å². The molecule has 4 nitrogen and oxygen atoms in total. The molecule has 0 spiro atoms. The van der Waals surface area contributed by atoms with Gasteiger partial charge in [0.15, 0.2) is 0 Å². The summed E-state index contributed by atoms with van der Waals surface area (Å²) in [5, 5.41) is 0. The molecule has 7 heteroatoms. The number of nitrogens with two attached hydrogens (primary N) is 1. The molecule has 0 heterocycles. The summed E-state index contributed by atoms with van der Waals surface area (Å²) in [5.74, 6) is -0.495. The molecule has 0 atom stereocenters. The molecule has 108 valence electrons. The monoisotopic (exact) mass is 306 g/mol. The van der Waals surface area contributed by atoms with Crippen LogP contribution in [-0.2, 0) is 16.6 Å². The van der Waals surface area contributed by atoms with E-state index in [2.05, 4.69) is 4.72 Å². The molecule has 0 saturated carbocycles. The van der Waals surface area contributed by atoms with Crippen LogP contribution in [0.2, 0.25) is 0 Å². The molecule has 0 bridgehead atoms. The maximum Gasteiger partial charge on any atom is 0.240 e. The smallest absolute Gasteiger partial charge is 0.240 e. The number of sulfonamides is 1. The summed E-state index contributed by atoms with van der Waals surface area (Å²) in [4.78, 5) is 0.0336. The molecule has 0 unspecified atom stereocenters. The van der Waals surface area contributed by atoms with E-state index in [9.17, 15) is 12.8 Å². The van der Waals surface area contributed by atoms with E-state index in [0.717, 1.165) is 6.07 Å². The third-order valence-electron chi connectivity index (χ3n) is 2.79. The molecule has 19 heavy (non-hydrogen) atoms. The Balaban J connectivity index is 2.95. The van der Waals surface area contributed by atoms with Crippen molar-refractivity contribution in [3.63, 3.8) is 0 Å². The van der Waals surface area contributed by atoms with Crippen molar-refractivity contribution in [2.24, 2.45) is 5.73 Å². The molecule has 3 N–H and O–H groups in total. The topological polar surface area (TPSA) is 72.2 Å². The first kappa shape index (κ1) is 16.4. The highest BCUT2D eigenvalue weighted by Crippen LogP contribution is 2.21. The lowest BCUT2D eigenvalue weighted by Crippen LogP contribution is -2.36. The molecule has 1 rings (SSSR count). The zero-order valence-corrected chi connectivity index (χ0v) is 12.9. The van der Waals surface area contributed by atoms with Crippen LogP contribution in [0.25, 0.3) is 0 Å². The standard InChI is InChI=1S/C12H19FN2O2S2/c1-12(2,18-3)8-15-19(16,17)10-4-5-11(13)9(6-10)7-14/h4-6,15H,7-8,14H2,1-3H3. The molecule has 0 aliphatic rings. The molecule has 0 saturated heterocycles. The van der Waals surface area contributed by atoms with E-state index in [-0.39, 0.29) is 21.8 Å². The van der Waals surface area contributed by atoms with Gasteiger partial charge in [0.05, 0.1) is 4.90 Å². The Morgan fingerprint density at radius 1 is 1.42 bits per heavy atom. The van der Waals surface area contributed by atoms with Gasteiger partial charge in [-0.1, -0.05) is 0 Å². The quantitative estimate of drug-likeness (QED) is 0.839. The highest BCUT2D eigenvalue weighted by atomic mass is 32.2. The molecule has 0 aliphatic heterocycles. The lowest BCUT2D eigenvalue weighted by Gasteiger charge is -2.22. The van der Waals surface area contributed by atoms with Crippen molar-refractivity contribution in [3.8, 4) is 0 Å². The van der Waals surface area contributed by atoms with Gasteiger partial charge in [-0.15, -0.1) is 0 Å². The van der Waals surface area contributed by atoms with Crippen LogP contribution in [0.15, 0.2) is 23.1 Å². The summed E-state index contributed by atoms with van der Waals surface area (Å²) in [6, 6.07) is 3.63. The van der Waals surface area contributed by atoms with E-state index >= 15 is 0 Å². The van der Waals surface area contributed by atoms with Crippen molar-refractivity contribution >= 4 is 21.8 Å². The summed E-state index contributed by atoms with van der Waals surface area (Å²) in [6.07, 6.45) is 1.92. The third-order valence-corrected chi connectivity index (χ3v) is 5.44. The van der Waals surface area contributed by atoms with Gasteiger partial charge in [0.2, 0.25) is 10.0 Å². The van der Waals surface area contributed by atoms with Crippen LogP contribution in [0, 0.1) is 5.82 Å². The van der Waals surface area contributed by atoms with Crippen molar-refractivity contribution in [3.05, 3.63) is 29.6 Å². The van der Waals surface area contributed by atoms with Crippen molar-refractivity contribution < 1.29 is 12.8 Å². The van der Waals surface area contributed by atoms with Crippen LogP contribution in [0.5, 0.6) is 0 Å². The largest absolute Gasteiger partial charge is 0.326 e. The van der Waals surface area contributed by atoms with E-state index in [0.29, 0.717) is 6.54 Å². The van der Waals surface area contributed by atoms with Crippen LogP contribution in [0.3, 0.4) is 0 Å². The average molecular weight is 306 g/mol. The van der Waals surface area contributed by atoms with Crippen molar-refractivity contribution in [1.29, 1.82) is 0 Å². The van der Waals surface area contributed by atoms with Gasteiger partial charge < -0.3 is 5.73 Å². The first-order chi connectivity index (χ1) is 8.72. The minimum absolute atomic E-state index is 0.0336. The fourth-order valence-corrected chi connectivity index (χ4v) is 2.87. The SMILES string of the molecule is CSC(C)(C)CNS(=O)(=O)c1ccc(F)c(CN)c1. The Bertz CT molecular complexity index is 545. The lowest BCUT2D eigenvalue weighted by molar-refractivity contribution is 0.569. The zero-order chi connectivity index (χ0) is 14.7. The number of nitrogens with one attached hydrogen (secondary N) is 1. The Labute approximate surface area is 118 Å². The number of halogens is 1. The fraction of sp³-hybridized carbons (Fsp3) is 0.500. The van der Waals surface area contributed by atoms with Crippen LogP contribution in [-0.4, -0.2) is 26.0 Å². The van der Waals surface area contributed by atoms with Gasteiger partial charge in [-0.2, -0.15) is 11.8 Å². The van der Waals surface area contributed by atoms with Gasteiger partial charge in [-0.25, -0.2) is 17.5 Å². The second kappa shape index (κ2) is 6.21. The van der Waals surface area contributed by atoms with Gasteiger partial charge in [0, 0.05) is 23.4 Å². The normalized spacial score (nSPS) is 12.7. The highest BCUT2D eigenvalue weighted by Gasteiger charge is 2.21. The van der Waals surface area contributed by atoms with Crippen molar-refractivity contribution in [2.75, 3.05) is 12.8 Å². The molecular formula is C12H19FN2O2S2. The predicted molar refractivity (Wildman–Crippen MR) is 77.1 cm³/mol. The Hall–Kier alpha value is -0.630.